The lowest BCUT2D eigenvalue weighted by molar-refractivity contribution is -0.114. The number of benzene rings is 1. The molecular formula is C20H19ClN2O4. The summed E-state index contributed by atoms with van der Waals surface area (Å²) in [5.41, 5.74) is 1.53. The number of allylic oxidation sites excluding steroid dienone is 4. The Labute approximate surface area is 162 Å². The van der Waals surface area contributed by atoms with Crippen LogP contribution in [0.15, 0.2) is 64.6 Å². The van der Waals surface area contributed by atoms with Gasteiger partial charge in [-0.1, -0.05) is 23.7 Å². The van der Waals surface area contributed by atoms with Crippen LogP contribution in [0.1, 0.15) is 16.8 Å². The first-order chi connectivity index (χ1) is 13.0. The van der Waals surface area contributed by atoms with Crippen molar-refractivity contribution in [2.45, 2.75) is 6.42 Å². The third kappa shape index (κ3) is 4.11. The number of aliphatic imine (C=N–C) groups is 1. The highest BCUT2D eigenvalue weighted by Gasteiger charge is 2.32. The molecule has 0 saturated heterocycles. The number of fused-ring (bicyclic) bond motifs is 1. The summed E-state index contributed by atoms with van der Waals surface area (Å²) in [5.74, 6) is 0.372. The van der Waals surface area contributed by atoms with E-state index in [2.05, 4.69) is 10.3 Å². The van der Waals surface area contributed by atoms with E-state index in [1.165, 1.54) is 7.11 Å². The van der Waals surface area contributed by atoms with Crippen molar-refractivity contribution in [2.24, 2.45) is 10.9 Å². The number of rotatable bonds is 6. The molecule has 2 aliphatic rings. The van der Waals surface area contributed by atoms with Crippen molar-refractivity contribution >= 4 is 29.1 Å². The van der Waals surface area contributed by atoms with Crippen LogP contribution in [0.4, 0.5) is 0 Å². The lowest BCUT2D eigenvalue weighted by atomic mass is 9.89. The van der Waals surface area contributed by atoms with Crippen LogP contribution in [-0.4, -0.2) is 38.3 Å². The van der Waals surface area contributed by atoms with E-state index in [0.29, 0.717) is 46.4 Å². The van der Waals surface area contributed by atoms with E-state index in [1.807, 2.05) is 6.08 Å². The smallest absolute Gasteiger partial charge is 0.273 e. The topological polar surface area (TPSA) is 77.0 Å². The van der Waals surface area contributed by atoms with Gasteiger partial charge < -0.3 is 14.8 Å². The van der Waals surface area contributed by atoms with Gasteiger partial charge >= 0.3 is 0 Å². The molecule has 0 spiro atoms. The highest BCUT2D eigenvalue weighted by atomic mass is 35.5. The van der Waals surface area contributed by atoms with E-state index in [4.69, 9.17) is 21.1 Å². The number of dihydropyridines is 1. The fourth-order valence-electron chi connectivity index (χ4n) is 2.97. The van der Waals surface area contributed by atoms with Gasteiger partial charge in [0.2, 0.25) is 0 Å². The molecule has 1 aliphatic carbocycles. The molecule has 0 bridgehead atoms. The number of halogens is 1. The van der Waals surface area contributed by atoms with Crippen LogP contribution < -0.4 is 5.32 Å². The van der Waals surface area contributed by atoms with E-state index in [1.54, 1.807) is 43.5 Å². The van der Waals surface area contributed by atoms with E-state index >= 15 is 0 Å². The van der Waals surface area contributed by atoms with Gasteiger partial charge in [0.05, 0.1) is 20.1 Å². The van der Waals surface area contributed by atoms with Gasteiger partial charge in [-0.15, -0.1) is 0 Å². The Bertz CT molecular complexity index is 899. The van der Waals surface area contributed by atoms with E-state index in [0.717, 1.165) is 0 Å². The molecule has 0 radical (unpaired) electrons. The quantitative estimate of drug-likeness (QED) is 0.815. The van der Waals surface area contributed by atoms with Crippen molar-refractivity contribution in [3.8, 4) is 0 Å². The number of methoxy groups -OCH3 is 2. The Morgan fingerprint density at radius 3 is 2.78 bits per heavy atom. The normalized spacial score (nSPS) is 18.5. The van der Waals surface area contributed by atoms with Crippen LogP contribution >= 0.6 is 11.6 Å². The second-order valence-corrected chi connectivity index (χ2v) is 6.43. The summed E-state index contributed by atoms with van der Waals surface area (Å²) in [6, 6.07) is 6.68. The lowest BCUT2D eigenvalue weighted by Gasteiger charge is -2.26. The Kier molecular flexibility index (Phi) is 5.76. The van der Waals surface area contributed by atoms with Crippen LogP contribution in [0.5, 0.6) is 0 Å². The molecule has 27 heavy (non-hydrogen) atoms. The molecule has 0 aromatic heterocycles. The maximum absolute atomic E-state index is 12.4. The summed E-state index contributed by atoms with van der Waals surface area (Å²) in [4.78, 5) is 28.7. The molecular weight excluding hydrogens is 368 g/mol. The summed E-state index contributed by atoms with van der Waals surface area (Å²) in [6.07, 6.45) is 5.71. The van der Waals surface area contributed by atoms with Gasteiger partial charge in [0.25, 0.3) is 11.8 Å². The van der Waals surface area contributed by atoms with Gasteiger partial charge in [-0.25, -0.2) is 4.99 Å². The predicted molar refractivity (Wildman–Crippen MR) is 103 cm³/mol. The van der Waals surface area contributed by atoms with Crippen LogP contribution in [0.2, 0.25) is 5.02 Å². The highest BCUT2D eigenvalue weighted by Crippen LogP contribution is 2.30. The van der Waals surface area contributed by atoms with Crippen LogP contribution in [-0.2, 0) is 14.3 Å². The maximum Gasteiger partial charge on any atom is 0.273 e. The van der Waals surface area contributed by atoms with Crippen molar-refractivity contribution in [3.63, 3.8) is 0 Å². The first-order valence-corrected chi connectivity index (χ1v) is 8.79. The maximum atomic E-state index is 12.4. The SMILES string of the molecule is COC1=CC=C(OC)C2C=C(CCNC(=O)c3cccc(Cl)c3)C(=O)N=C12. The summed E-state index contributed by atoms with van der Waals surface area (Å²) >= 11 is 5.90. The first kappa shape index (κ1) is 18.9. The Balaban J connectivity index is 1.67. The van der Waals surface area contributed by atoms with E-state index in [-0.39, 0.29) is 17.7 Å². The Morgan fingerprint density at radius 2 is 2.07 bits per heavy atom. The third-order valence-corrected chi connectivity index (χ3v) is 4.57. The predicted octanol–water partition coefficient (Wildman–Crippen LogP) is 3.06. The van der Waals surface area contributed by atoms with Gasteiger partial charge in [0.1, 0.15) is 17.2 Å². The third-order valence-electron chi connectivity index (χ3n) is 4.34. The lowest BCUT2D eigenvalue weighted by Crippen LogP contribution is -2.30. The molecule has 140 valence electrons. The zero-order chi connectivity index (χ0) is 19.4. The molecule has 1 N–H and O–H groups in total. The van der Waals surface area contributed by atoms with E-state index < -0.39 is 0 Å². The van der Waals surface area contributed by atoms with Gasteiger partial charge in [-0.05, 0) is 36.8 Å². The fourth-order valence-corrected chi connectivity index (χ4v) is 3.16. The van der Waals surface area contributed by atoms with Gasteiger partial charge in [-0.3, -0.25) is 9.59 Å². The molecule has 7 heteroatoms. The summed E-state index contributed by atoms with van der Waals surface area (Å²) in [6.45, 7) is 0.305. The number of hydrogen-bond acceptors (Lipinski definition) is 4. The number of carbonyl (C=O) groups is 2. The molecule has 6 nitrogen and oxygen atoms in total. The molecule has 0 saturated carbocycles. The monoisotopic (exact) mass is 386 g/mol. The zero-order valence-corrected chi connectivity index (χ0v) is 15.7. The van der Waals surface area contributed by atoms with Crippen molar-refractivity contribution in [1.29, 1.82) is 0 Å². The number of nitrogens with one attached hydrogen (secondary N) is 1. The van der Waals surface area contributed by atoms with Crippen LogP contribution in [0, 0.1) is 5.92 Å². The van der Waals surface area contributed by atoms with Gasteiger partial charge in [0.15, 0.2) is 0 Å². The first-order valence-electron chi connectivity index (χ1n) is 8.41. The Hall–Kier alpha value is -2.86. The second-order valence-electron chi connectivity index (χ2n) is 6.00. The second kappa shape index (κ2) is 8.22. The largest absolute Gasteiger partial charge is 0.500 e. The highest BCUT2D eigenvalue weighted by molar-refractivity contribution is 6.31. The molecule has 1 aliphatic heterocycles. The number of carbonyl (C=O) groups excluding carboxylic acids is 2. The minimum atomic E-state index is -0.335. The number of nitrogens with zero attached hydrogens (tertiary/aromatic N) is 1. The molecule has 3 rings (SSSR count). The molecule has 1 aromatic carbocycles. The average Bonchev–Trinajstić information content (AvgIpc) is 2.67. The standard InChI is InChI=1S/C20H19ClN2O4/c1-26-16-6-7-17(27-2)18-15(16)11-13(20(25)23-18)8-9-22-19(24)12-4-3-5-14(21)10-12/h3-7,10-11,15H,8-9H2,1-2H3,(H,22,24). The fraction of sp³-hybridized carbons (Fsp3) is 0.250. The molecule has 2 amide bonds. The summed E-state index contributed by atoms with van der Waals surface area (Å²) in [5, 5.41) is 3.28. The van der Waals surface area contributed by atoms with Crippen molar-refractivity contribution in [1.82, 2.24) is 5.32 Å². The summed E-state index contributed by atoms with van der Waals surface area (Å²) in [7, 11) is 3.11. The number of ether oxygens (including phenoxy) is 2. The van der Waals surface area contributed by atoms with Crippen LogP contribution in [0.25, 0.3) is 0 Å². The van der Waals surface area contributed by atoms with Gasteiger partial charge in [-0.2, -0.15) is 0 Å². The summed E-state index contributed by atoms with van der Waals surface area (Å²) < 4.78 is 10.7. The van der Waals surface area contributed by atoms with E-state index in [9.17, 15) is 9.59 Å². The molecule has 1 atom stereocenters. The van der Waals surface area contributed by atoms with Crippen molar-refractivity contribution in [3.05, 3.63) is 70.2 Å². The zero-order valence-electron chi connectivity index (χ0n) is 15.0. The number of hydrogen-bond donors (Lipinski definition) is 1. The van der Waals surface area contributed by atoms with Crippen molar-refractivity contribution in [2.75, 3.05) is 20.8 Å². The molecule has 1 heterocycles. The van der Waals surface area contributed by atoms with Gasteiger partial charge in [0, 0.05) is 22.7 Å². The molecule has 0 fully saturated rings. The minimum absolute atomic E-state index is 0.245. The van der Waals surface area contributed by atoms with Crippen molar-refractivity contribution < 1.29 is 19.1 Å². The Morgan fingerprint density at radius 1 is 1.26 bits per heavy atom. The molecule has 1 aromatic rings. The van der Waals surface area contributed by atoms with Crippen LogP contribution in [0.3, 0.4) is 0 Å². The minimum Gasteiger partial charge on any atom is -0.500 e. The number of amides is 2. The molecule has 1 unspecified atom stereocenters. The average molecular weight is 387 g/mol.